The molecule has 7 aromatic carbocycles. The average Bonchev–Trinajstić information content (AvgIpc) is 0.761. The van der Waals surface area contributed by atoms with E-state index in [2.05, 4.69) is 39.3 Å². The van der Waals surface area contributed by atoms with Crippen molar-refractivity contribution in [3.8, 4) is 0 Å². The van der Waals surface area contributed by atoms with Gasteiger partial charge < -0.3 is 64.7 Å². The fraction of sp³-hybridized carbons (Fsp3) is 0.300. The second-order valence-corrected chi connectivity index (χ2v) is 57.2. The van der Waals surface area contributed by atoms with Crippen molar-refractivity contribution in [3.63, 3.8) is 0 Å². The van der Waals surface area contributed by atoms with Crippen LogP contribution in [0.25, 0.3) is 0 Å². The summed E-state index contributed by atoms with van der Waals surface area (Å²) in [4.78, 5) is 0. The van der Waals surface area contributed by atoms with Crippen LogP contribution in [-0.4, -0.2) is 122 Å². The van der Waals surface area contributed by atoms with Gasteiger partial charge in [-0.1, -0.05) is 232 Å². The Morgan fingerprint density at radius 2 is 0.435 bits per heavy atom. The molecule has 7 aromatic rings. The minimum absolute atomic E-state index is 0.0217. The molecular weight excluding hydrogens is 1240 g/mol. The van der Waals surface area contributed by atoms with E-state index in [-0.39, 0.29) is 19.8 Å². The molecule has 0 radical (unpaired) electrons. The van der Waals surface area contributed by atoms with Crippen LogP contribution in [-0.2, 0) is 49.4 Å². The zero-order chi connectivity index (χ0) is 59.8. The standard InChI is InChI=1S/C60H80O15Si10/c1-76(2,51-31-28-48-61)64-79(54-34-14-7-15-35-54)67-82(57-40-20-10-21-41-57)69-80(55-36-16-8-17-37-55,65-77(3,4)52-32-29-49-62)71-84(59-44-24-12-25-45-59)72-81(56-38-18-9-19-39-56,66-78(5,6)53-33-30-50-63)70-83(68-79,58-42-22-11-23-43-58)74-85(73-82,75-84)60-46-26-13-27-47-60/h7-27,34-47,61-63H,28-33,48-53H2,1-6H3. The van der Waals surface area contributed by atoms with Gasteiger partial charge in [0.2, 0.25) is 0 Å². The first-order chi connectivity index (χ1) is 40.9. The molecular formula is C60H80O15Si10. The molecule has 0 saturated carbocycles. The third kappa shape index (κ3) is 14.4. The quantitative estimate of drug-likeness (QED) is 0.0392. The minimum Gasteiger partial charge on any atom is -0.413 e. The number of fused-ring (bicyclic) bond motifs is 3. The molecule has 3 aliphatic rings. The van der Waals surface area contributed by atoms with Gasteiger partial charge in [0.1, 0.15) is 0 Å². The average molecular weight is 1320 g/mol. The Morgan fingerprint density at radius 1 is 0.259 bits per heavy atom. The van der Waals surface area contributed by atoms with Crippen molar-refractivity contribution in [2.45, 2.75) is 95.9 Å². The highest BCUT2D eigenvalue weighted by Crippen LogP contribution is 2.45. The molecule has 0 aromatic heterocycles. The molecule has 0 aliphatic carbocycles. The molecule has 450 valence electrons. The highest BCUT2D eigenvalue weighted by Gasteiger charge is 2.81. The summed E-state index contributed by atoms with van der Waals surface area (Å²) in [6, 6.07) is 70.1. The van der Waals surface area contributed by atoms with E-state index in [1.165, 1.54) is 0 Å². The summed E-state index contributed by atoms with van der Waals surface area (Å²) in [6.07, 6.45) is 3.71. The molecule has 4 bridgehead atoms. The normalized spacial score (nSPS) is 27.3. The van der Waals surface area contributed by atoms with Gasteiger partial charge in [-0.2, -0.15) is 0 Å². The van der Waals surface area contributed by atoms with Crippen molar-refractivity contribution in [2.24, 2.45) is 0 Å². The molecule has 15 nitrogen and oxygen atoms in total. The maximum atomic E-state index is 10.2. The second-order valence-electron chi connectivity index (χ2n) is 23.5. The number of hydrogen-bond acceptors (Lipinski definition) is 15. The van der Waals surface area contributed by atoms with Crippen LogP contribution < -0.4 is 36.3 Å². The van der Waals surface area contributed by atoms with Crippen LogP contribution in [0.2, 0.25) is 57.4 Å². The molecule has 3 N–H and O–H groups in total. The molecule has 25 heteroatoms. The van der Waals surface area contributed by atoms with Gasteiger partial charge in [0.15, 0.2) is 25.0 Å². The predicted molar refractivity (Wildman–Crippen MR) is 352 cm³/mol. The minimum atomic E-state index is -5.01. The Balaban J connectivity index is 1.44. The molecule has 0 spiro atoms. The summed E-state index contributed by atoms with van der Waals surface area (Å²) in [7, 11) is -43.9. The number of aliphatic hydroxyl groups is 3. The monoisotopic (exact) mass is 1320 g/mol. The smallest absolute Gasteiger partial charge is 0.413 e. The van der Waals surface area contributed by atoms with Gasteiger partial charge in [-0.05, 0) is 76.7 Å². The Morgan fingerprint density at radius 3 is 0.624 bits per heavy atom. The number of unbranched alkanes of at least 4 members (excludes halogenated alkanes) is 3. The second kappa shape index (κ2) is 27.1. The topological polar surface area (TPSA) is 171 Å². The van der Waals surface area contributed by atoms with Gasteiger partial charge in [-0.15, -0.1) is 0 Å². The summed E-state index contributed by atoms with van der Waals surface area (Å²) < 4.78 is 101. The van der Waals surface area contributed by atoms with E-state index in [0.717, 1.165) is 0 Å². The van der Waals surface area contributed by atoms with Gasteiger partial charge in [-0.3, -0.25) is 0 Å². The van der Waals surface area contributed by atoms with Crippen molar-refractivity contribution < 1.29 is 64.7 Å². The Hall–Kier alpha value is -3.89. The maximum Gasteiger partial charge on any atom is 0.515 e. The molecule has 3 fully saturated rings. The highest BCUT2D eigenvalue weighted by atomic mass is 28.6. The largest absolute Gasteiger partial charge is 0.515 e. The number of hydrogen-bond donors (Lipinski definition) is 3. The highest BCUT2D eigenvalue weighted by molar-refractivity contribution is 7.11. The van der Waals surface area contributed by atoms with Crippen LogP contribution in [0, 0.1) is 0 Å². The molecule has 0 atom stereocenters. The van der Waals surface area contributed by atoms with Crippen LogP contribution in [0.5, 0.6) is 0 Å². The van der Waals surface area contributed by atoms with Crippen LogP contribution in [0.1, 0.15) is 38.5 Å². The van der Waals surface area contributed by atoms with Gasteiger partial charge in [0.25, 0.3) is 0 Å². The fourth-order valence-electron chi connectivity index (χ4n) is 11.0. The van der Waals surface area contributed by atoms with Gasteiger partial charge >= 0.3 is 61.6 Å². The van der Waals surface area contributed by atoms with Crippen LogP contribution in [0.3, 0.4) is 0 Å². The first-order valence-electron chi connectivity index (χ1n) is 29.5. The van der Waals surface area contributed by atoms with Crippen molar-refractivity contribution in [1.82, 2.24) is 0 Å². The van der Waals surface area contributed by atoms with Crippen molar-refractivity contribution in [3.05, 3.63) is 212 Å². The Kier molecular flexibility index (Phi) is 20.4. The number of benzene rings is 7. The maximum absolute atomic E-state index is 10.2. The lowest BCUT2D eigenvalue weighted by Gasteiger charge is -2.59. The lowest BCUT2D eigenvalue weighted by molar-refractivity contribution is 0.0382. The van der Waals surface area contributed by atoms with Crippen LogP contribution >= 0.6 is 0 Å². The van der Waals surface area contributed by atoms with E-state index in [4.69, 9.17) is 49.4 Å². The molecule has 3 saturated heterocycles. The lowest BCUT2D eigenvalue weighted by atomic mass is 10.4. The van der Waals surface area contributed by atoms with Crippen LogP contribution in [0.4, 0.5) is 0 Å². The van der Waals surface area contributed by atoms with Crippen molar-refractivity contribution in [1.29, 1.82) is 0 Å². The van der Waals surface area contributed by atoms with E-state index < -0.39 is 86.6 Å². The first kappa shape index (κ1) is 64.1. The zero-order valence-electron chi connectivity index (χ0n) is 49.4. The zero-order valence-corrected chi connectivity index (χ0v) is 59.4. The van der Waals surface area contributed by atoms with E-state index in [0.29, 0.717) is 93.0 Å². The van der Waals surface area contributed by atoms with E-state index in [1.54, 1.807) is 0 Å². The first-order valence-corrected chi connectivity index (χ1v) is 51.0. The van der Waals surface area contributed by atoms with E-state index >= 15 is 0 Å². The van der Waals surface area contributed by atoms with Crippen LogP contribution in [0.15, 0.2) is 212 Å². The molecule has 3 heterocycles. The van der Waals surface area contributed by atoms with Gasteiger partial charge in [0, 0.05) is 56.1 Å². The summed E-state index contributed by atoms with van der Waals surface area (Å²) in [5, 5.41) is 34.7. The summed E-state index contributed by atoms with van der Waals surface area (Å²) >= 11 is 0. The molecule has 3 aliphatic heterocycles. The molecule has 85 heavy (non-hydrogen) atoms. The van der Waals surface area contributed by atoms with Gasteiger partial charge in [-0.25, -0.2) is 0 Å². The Labute approximate surface area is 512 Å². The third-order valence-corrected chi connectivity index (χ3v) is 56.3. The third-order valence-electron chi connectivity index (χ3n) is 15.1. The summed E-state index contributed by atoms with van der Waals surface area (Å²) in [6.45, 7) is 13.0. The summed E-state index contributed by atoms with van der Waals surface area (Å²) in [5.74, 6) is 0. The summed E-state index contributed by atoms with van der Waals surface area (Å²) in [5.41, 5.74) is 0. The number of aliphatic hydroxyl groups excluding tert-OH is 3. The molecule has 0 amide bonds. The van der Waals surface area contributed by atoms with Crippen molar-refractivity contribution in [2.75, 3.05) is 19.8 Å². The van der Waals surface area contributed by atoms with E-state index in [9.17, 15) is 15.3 Å². The SMILES string of the molecule is C[Si](C)(CCCCO)O[Si]1(c2ccccc2)O[Si]2(c3ccccc3)O[Si](O[Si](C)(C)CCCCO)(c3ccccc3)O[Si]3(c4ccccc4)O[Si](O[Si](C)(C)CCCCO)(c4ccccc4)O[Si](c4ccccc4)(O1)O[Si](c1ccccc1)(O2)O3. The Bertz CT molecular complexity index is 2880. The van der Waals surface area contributed by atoms with Crippen molar-refractivity contribution >= 4 is 123 Å². The molecule has 10 rings (SSSR count). The lowest BCUT2D eigenvalue weighted by Crippen LogP contribution is -2.92. The molecule has 0 unspecified atom stereocenters. The predicted octanol–water partition coefficient (Wildman–Crippen LogP) is 7.08. The van der Waals surface area contributed by atoms with Gasteiger partial charge in [0.05, 0.1) is 0 Å². The fourth-order valence-corrected chi connectivity index (χ4v) is 62.5. The van der Waals surface area contributed by atoms with E-state index in [1.807, 2.05) is 212 Å². The number of rotatable bonds is 25.